The van der Waals surface area contributed by atoms with Gasteiger partial charge in [0.1, 0.15) is 0 Å². The molecule has 7 heteroatoms. The maximum atomic E-state index is 5.46. The number of guanidine groups is 1. The van der Waals surface area contributed by atoms with Crippen LogP contribution in [-0.2, 0) is 4.74 Å². The van der Waals surface area contributed by atoms with Crippen LogP contribution in [0.4, 0.5) is 5.69 Å². The number of anilines is 1. The van der Waals surface area contributed by atoms with Crippen molar-refractivity contribution in [3.8, 4) is 0 Å². The molecule has 0 aromatic heterocycles. The molecule has 2 fully saturated rings. The van der Waals surface area contributed by atoms with Crippen LogP contribution in [0, 0.1) is 6.92 Å². The summed E-state index contributed by atoms with van der Waals surface area (Å²) in [7, 11) is 0. The Bertz CT molecular complexity index is 683. The minimum atomic E-state index is 0.452. The average molecular weight is 445 g/mol. The van der Waals surface area contributed by atoms with Crippen molar-refractivity contribution < 1.29 is 4.74 Å². The highest BCUT2D eigenvalue weighted by Gasteiger charge is 2.18. The van der Waals surface area contributed by atoms with Crippen molar-refractivity contribution in [3.63, 3.8) is 0 Å². The van der Waals surface area contributed by atoms with Crippen LogP contribution in [-0.4, -0.2) is 100 Å². The Hall–Kier alpha value is -1.83. The van der Waals surface area contributed by atoms with Gasteiger partial charge in [0, 0.05) is 64.1 Å². The summed E-state index contributed by atoms with van der Waals surface area (Å²) in [4.78, 5) is 12.4. The first-order valence-electron chi connectivity index (χ1n) is 12.5. The number of aliphatic imine (C=N–C) groups is 1. The molecule has 1 aromatic rings. The number of hydrogen-bond acceptors (Lipinski definition) is 5. The summed E-state index contributed by atoms with van der Waals surface area (Å²) < 4.78 is 5.46. The van der Waals surface area contributed by atoms with Crippen LogP contribution in [0.3, 0.4) is 0 Å². The van der Waals surface area contributed by atoms with Crippen LogP contribution in [0.1, 0.15) is 32.3 Å². The maximum absolute atomic E-state index is 5.46. The van der Waals surface area contributed by atoms with Crippen LogP contribution >= 0.6 is 0 Å². The highest BCUT2D eigenvalue weighted by Crippen LogP contribution is 2.17. The van der Waals surface area contributed by atoms with E-state index in [2.05, 4.69) is 70.4 Å². The normalized spacial score (nSPS) is 19.7. The Balaban J connectivity index is 1.29. The molecular formula is C25H44N6O. The molecule has 0 amide bonds. The van der Waals surface area contributed by atoms with Gasteiger partial charge in [0.25, 0.3) is 0 Å². The number of ether oxygens (including phenoxy) is 1. The molecule has 180 valence electrons. The second-order valence-electron chi connectivity index (χ2n) is 9.02. The van der Waals surface area contributed by atoms with E-state index in [1.54, 1.807) is 0 Å². The topological polar surface area (TPSA) is 55.4 Å². The Labute approximate surface area is 195 Å². The van der Waals surface area contributed by atoms with E-state index >= 15 is 0 Å². The molecule has 0 bridgehead atoms. The van der Waals surface area contributed by atoms with Crippen molar-refractivity contribution in [1.29, 1.82) is 0 Å². The summed E-state index contributed by atoms with van der Waals surface area (Å²) in [6.07, 6.45) is 2.39. The lowest BCUT2D eigenvalue weighted by Crippen LogP contribution is -2.46. The second-order valence-corrected chi connectivity index (χ2v) is 9.02. The molecule has 1 unspecified atom stereocenters. The van der Waals surface area contributed by atoms with Gasteiger partial charge < -0.3 is 20.3 Å². The molecule has 32 heavy (non-hydrogen) atoms. The molecule has 2 aliphatic rings. The van der Waals surface area contributed by atoms with E-state index in [1.165, 1.54) is 30.6 Å². The predicted molar refractivity (Wildman–Crippen MR) is 135 cm³/mol. The largest absolute Gasteiger partial charge is 0.379 e. The summed E-state index contributed by atoms with van der Waals surface area (Å²) in [6.45, 7) is 18.7. The quantitative estimate of drug-likeness (QED) is 0.328. The Morgan fingerprint density at radius 2 is 1.84 bits per heavy atom. The van der Waals surface area contributed by atoms with Crippen LogP contribution in [0.2, 0.25) is 0 Å². The number of piperazine rings is 1. The van der Waals surface area contributed by atoms with Gasteiger partial charge >= 0.3 is 0 Å². The molecule has 2 aliphatic heterocycles. The summed E-state index contributed by atoms with van der Waals surface area (Å²) in [6, 6.07) is 9.32. The lowest BCUT2D eigenvalue weighted by molar-refractivity contribution is 0.0220. The lowest BCUT2D eigenvalue weighted by Gasteiger charge is -2.36. The summed E-state index contributed by atoms with van der Waals surface area (Å²) >= 11 is 0. The minimum absolute atomic E-state index is 0.452. The van der Waals surface area contributed by atoms with E-state index in [-0.39, 0.29) is 0 Å². The standard InChI is InChI=1S/C25H44N6O/c1-4-26-25(28-21-23(3)30-16-18-32-19-17-30)27-10-5-6-11-29-12-14-31(15-13-29)24-9-7-8-22(2)20-24/h7-9,20,23H,4-6,10-19,21H2,1-3H3,(H2,26,27,28). The second kappa shape index (κ2) is 13.7. The maximum Gasteiger partial charge on any atom is 0.191 e. The van der Waals surface area contributed by atoms with E-state index in [0.717, 1.165) is 78.1 Å². The van der Waals surface area contributed by atoms with E-state index < -0.39 is 0 Å². The molecule has 2 heterocycles. The van der Waals surface area contributed by atoms with Gasteiger partial charge in [0.2, 0.25) is 0 Å². The fourth-order valence-corrected chi connectivity index (χ4v) is 4.42. The zero-order chi connectivity index (χ0) is 22.6. The number of unbranched alkanes of at least 4 members (excludes halogenated alkanes) is 1. The van der Waals surface area contributed by atoms with Crippen molar-refractivity contribution in [2.45, 2.75) is 39.7 Å². The fraction of sp³-hybridized carbons (Fsp3) is 0.720. The number of nitrogens with one attached hydrogen (secondary N) is 2. The van der Waals surface area contributed by atoms with Crippen LogP contribution in [0.15, 0.2) is 29.3 Å². The third-order valence-corrected chi connectivity index (χ3v) is 6.46. The first kappa shape index (κ1) is 24.8. The predicted octanol–water partition coefficient (Wildman–Crippen LogP) is 2.17. The van der Waals surface area contributed by atoms with Gasteiger partial charge in [0.05, 0.1) is 19.8 Å². The Morgan fingerprint density at radius 3 is 2.56 bits per heavy atom. The number of hydrogen-bond donors (Lipinski definition) is 2. The molecule has 1 aromatic carbocycles. The molecule has 3 rings (SSSR count). The molecule has 0 saturated carbocycles. The van der Waals surface area contributed by atoms with Crippen molar-refractivity contribution >= 4 is 11.6 Å². The summed E-state index contributed by atoms with van der Waals surface area (Å²) in [5.74, 6) is 0.944. The van der Waals surface area contributed by atoms with Gasteiger partial charge in [0.15, 0.2) is 5.96 Å². The molecular weight excluding hydrogens is 400 g/mol. The van der Waals surface area contributed by atoms with Crippen LogP contribution < -0.4 is 15.5 Å². The number of nitrogens with zero attached hydrogens (tertiary/aromatic N) is 4. The number of aryl methyl sites for hydroxylation is 1. The molecule has 0 aliphatic carbocycles. The van der Waals surface area contributed by atoms with Gasteiger partial charge in [-0.3, -0.25) is 14.8 Å². The zero-order valence-corrected chi connectivity index (χ0v) is 20.5. The minimum Gasteiger partial charge on any atom is -0.379 e. The van der Waals surface area contributed by atoms with Crippen molar-refractivity contribution in [1.82, 2.24) is 20.4 Å². The van der Waals surface area contributed by atoms with Crippen molar-refractivity contribution in [2.75, 3.05) is 83.6 Å². The zero-order valence-electron chi connectivity index (χ0n) is 20.5. The smallest absolute Gasteiger partial charge is 0.191 e. The van der Waals surface area contributed by atoms with E-state index in [0.29, 0.717) is 6.04 Å². The third kappa shape index (κ3) is 8.26. The lowest BCUT2D eigenvalue weighted by atomic mass is 10.2. The molecule has 1 atom stereocenters. The SMILES string of the molecule is CCNC(=NCC(C)N1CCOCC1)NCCCCN1CCN(c2cccc(C)c2)CC1. The van der Waals surface area contributed by atoms with Gasteiger partial charge in [-0.1, -0.05) is 12.1 Å². The van der Waals surface area contributed by atoms with Gasteiger partial charge in [-0.05, 0) is 57.9 Å². The number of morpholine rings is 1. The molecule has 0 radical (unpaired) electrons. The Morgan fingerprint density at radius 1 is 1.06 bits per heavy atom. The van der Waals surface area contributed by atoms with Crippen LogP contribution in [0.5, 0.6) is 0 Å². The summed E-state index contributed by atoms with van der Waals surface area (Å²) in [5.41, 5.74) is 2.71. The third-order valence-electron chi connectivity index (χ3n) is 6.46. The first-order valence-corrected chi connectivity index (χ1v) is 12.5. The number of benzene rings is 1. The highest BCUT2D eigenvalue weighted by molar-refractivity contribution is 5.79. The first-order chi connectivity index (χ1) is 15.7. The number of rotatable bonds is 10. The monoisotopic (exact) mass is 444 g/mol. The van der Waals surface area contributed by atoms with Crippen molar-refractivity contribution in [2.24, 2.45) is 4.99 Å². The average Bonchev–Trinajstić information content (AvgIpc) is 2.83. The van der Waals surface area contributed by atoms with Gasteiger partial charge in [-0.25, -0.2) is 0 Å². The van der Waals surface area contributed by atoms with Gasteiger partial charge in [-0.15, -0.1) is 0 Å². The molecule has 7 nitrogen and oxygen atoms in total. The molecule has 2 saturated heterocycles. The summed E-state index contributed by atoms with van der Waals surface area (Å²) in [5, 5.41) is 6.90. The van der Waals surface area contributed by atoms with Gasteiger partial charge in [-0.2, -0.15) is 0 Å². The fourth-order valence-electron chi connectivity index (χ4n) is 4.42. The molecule has 0 spiro atoms. The van der Waals surface area contributed by atoms with Crippen LogP contribution in [0.25, 0.3) is 0 Å². The van der Waals surface area contributed by atoms with E-state index in [4.69, 9.17) is 9.73 Å². The Kier molecular flexibility index (Phi) is 10.6. The highest BCUT2D eigenvalue weighted by atomic mass is 16.5. The van der Waals surface area contributed by atoms with Crippen molar-refractivity contribution in [3.05, 3.63) is 29.8 Å². The van der Waals surface area contributed by atoms with E-state index in [9.17, 15) is 0 Å². The molecule has 2 N–H and O–H groups in total. The van der Waals surface area contributed by atoms with E-state index in [1.807, 2.05) is 0 Å².